The van der Waals surface area contributed by atoms with Crippen LogP contribution in [0.2, 0.25) is 0 Å². The van der Waals surface area contributed by atoms with Gasteiger partial charge in [-0.1, -0.05) is 6.07 Å². The topological polar surface area (TPSA) is 63.0 Å². The van der Waals surface area contributed by atoms with Gasteiger partial charge in [0.1, 0.15) is 0 Å². The van der Waals surface area contributed by atoms with Crippen LogP contribution in [0.1, 0.15) is 0 Å². The van der Waals surface area contributed by atoms with Gasteiger partial charge in [0.05, 0.1) is 31.1 Å². The van der Waals surface area contributed by atoms with E-state index in [1.807, 2.05) is 6.07 Å². The number of benzene rings is 1. The molecule has 0 unspecified atom stereocenters. The van der Waals surface area contributed by atoms with Crippen LogP contribution in [-0.4, -0.2) is 31.1 Å². The van der Waals surface area contributed by atoms with E-state index in [0.29, 0.717) is 0 Å². The van der Waals surface area contributed by atoms with Crippen molar-refractivity contribution < 1.29 is 10.2 Å². The van der Waals surface area contributed by atoms with Crippen LogP contribution < -0.4 is 10.2 Å². The van der Waals surface area contributed by atoms with Crippen molar-refractivity contribution in [1.29, 1.82) is 0 Å². The molecule has 5 nitrogen and oxygen atoms in total. The summed E-state index contributed by atoms with van der Waals surface area (Å²) in [6, 6.07) is 6.84. The Bertz CT molecular complexity index is 361. The highest BCUT2D eigenvalue weighted by atomic mass is 16.6. The van der Waals surface area contributed by atoms with Crippen LogP contribution in [0.3, 0.4) is 0 Å². The van der Waals surface area contributed by atoms with E-state index in [2.05, 4.69) is 10.2 Å². The van der Waals surface area contributed by atoms with E-state index in [-0.39, 0.29) is 10.6 Å². The summed E-state index contributed by atoms with van der Waals surface area (Å²) in [6.07, 6.45) is 0. The minimum absolute atomic E-state index is 0.169. The summed E-state index contributed by atoms with van der Waals surface area (Å²) >= 11 is 0. The second-order valence-corrected chi connectivity index (χ2v) is 3.63. The largest absolute Gasteiger partial charge is 0.360 e. The lowest BCUT2D eigenvalue weighted by Crippen LogP contribution is -2.89. The van der Waals surface area contributed by atoms with E-state index >= 15 is 0 Å². The Kier molecular flexibility index (Phi) is 2.82. The zero-order valence-electron chi connectivity index (χ0n) is 8.43. The number of anilines is 1. The monoisotopic (exact) mass is 208 g/mol. The maximum absolute atomic E-state index is 10.6. The molecule has 80 valence electrons. The molecule has 0 bridgehead atoms. The maximum atomic E-state index is 10.6. The lowest BCUT2D eigenvalue weighted by atomic mass is 10.2. The van der Waals surface area contributed by atoms with Crippen LogP contribution in [0.15, 0.2) is 24.3 Å². The molecule has 5 heteroatoms. The fourth-order valence-electron chi connectivity index (χ4n) is 1.81. The Morgan fingerprint density at radius 3 is 2.73 bits per heavy atom. The van der Waals surface area contributed by atoms with Crippen LogP contribution >= 0.6 is 0 Å². The molecule has 0 radical (unpaired) electrons. The van der Waals surface area contributed by atoms with Crippen molar-refractivity contribution in [2.75, 3.05) is 31.1 Å². The third kappa shape index (κ3) is 2.24. The highest BCUT2D eigenvalue weighted by Crippen LogP contribution is 2.20. The number of nitrogens with two attached hydrogens (primary N) is 1. The molecule has 1 heterocycles. The Hall–Kier alpha value is -1.62. The lowest BCUT2D eigenvalue weighted by Gasteiger charge is -2.26. The lowest BCUT2D eigenvalue weighted by molar-refractivity contribution is -0.655. The van der Waals surface area contributed by atoms with Gasteiger partial charge < -0.3 is 10.2 Å². The third-order valence-electron chi connectivity index (χ3n) is 2.61. The SMILES string of the molecule is O=[N+]([O-])c1cccc(N2CC[NH2+]CC2)c1. The van der Waals surface area contributed by atoms with Gasteiger partial charge in [0.2, 0.25) is 0 Å². The van der Waals surface area contributed by atoms with Crippen LogP contribution in [-0.2, 0) is 0 Å². The fraction of sp³-hybridized carbons (Fsp3) is 0.400. The van der Waals surface area contributed by atoms with Crippen LogP contribution in [0.4, 0.5) is 11.4 Å². The molecule has 1 aromatic carbocycles. The number of quaternary nitrogens is 1. The molecule has 1 fully saturated rings. The minimum Gasteiger partial charge on any atom is -0.360 e. The van der Waals surface area contributed by atoms with Gasteiger partial charge in [0, 0.05) is 17.8 Å². The van der Waals surface area contributed by atoms with E-state index in [4.69, 9.17) is 0 Å². The van der Waals surface area contributed by atoms with Gasteiger partial charge in [-0.2, -0.15) is 0 Å². The van der Waals surface area contributed by atoms with Crippen LogP contribution in [0.25, 0.3) is 0 Å². The predicted molar refractivity (Wildman–Crippen MR) is 57.0 cm³/mol. The summed E-state index contributed by atoms with van der Waals surface area (Å²) in [5, 5.41) is 12.9. The number of nitro groups is 1. The third-order valence-corrected chi connectivity index (χ3v) is 2.61. The Labute approximate surface area is 87.8 Å². The number of nitrogens with zero attached hydrogens (tertiary/aromatic N) is 2. The number of hydrogen-bond donors (Lipinski definition) is 1. The van der Waals surface area contributed by atoms with Crippen molar-refractivity contribution >= 4 is 11.4 Å². The molecule has 2 rings (SSSR count). The molecular weight excluding hydrogens is 194 g/mol. The van der Waals surface area contributed by atoms with E-state index in [9.17, 15) is 10.1 Å². The summed E-state index contributed by atoms with van der Waals surface area (Å²) < 4.78 is 0. The number of rotatable bonds is 2. The molecule has 0 spiro atoms. The normalized spacial score (nSPS) is 16.4. The highest BCUT2D eigenvalue weighted by molar-refractivity contribution is 5.53. The number of piperazine rings is 1. The molecule has 1 saturated heterocycles. The molecule has 0 aliphatic carbocycles. The van der Waals surface area contributed by atoms with Crippen molar-refractivity contribution in [2.24, 2.45) is 0 Å². The van der Waals surface area contributed by atoms with E-state index in [1.165, 1.54) is 6.07 Å². The van der Waals surface area contributed by atoms with Gasteiger partial charge >= 0.3 is 0 Å². The summed E-state index contributed by atoms with van der Waals surface area (Å²) in [5.41, 5.74) is 1.12. The Morgan fingerprint density at radius 2 is 2.07 bits per heavy atom. The maximum Gasteiger partial charge on any atom is 0.271 e. The molecule has 0 saturated carbocycles. The average Bonchev–Trinajstić information content (AvgIpc) is 2.30. The first-order chi connectivity index (χ1) is 7.27. The zero-order valence-corrected chi connectivity index (χ0v) is 8.43. The molecule has 0 aromatic heterocycles. The first kappa shape index (κ1) is 9.92. The van der Waals surface area contributed by atoms with Crippen LogP contribution in [0.5, 0.6) is 0 Å². The van der Waals surface area contributed by atoms with E-state index in [1.54, 1.807) is 12.1 Å². The molecule has 1 aromatic rings. The summed E-state index contributed by atoms with van der Waals surface area (Å²) in [6.45, 7) is 4.04. The van der Waals surface area contributed by atoms with Gasteiger partial charge in [-0.3, -0.25) is 10.1 Å². The van der Waals surface area contributed by atoms with Gasteiger partial charge in [0.15, 0.2) is 0 Å². The van der Waals surface area contributed by atoms with Crippen LogP contribution in [0, 0.1) is 10.1 Å². The molecule has 15 heavy (non-hydrogen) atoms. The predicted octanol–water partition coefficient (Wildman–Crippen LogP) is -0.0218. The molecule has 0 amide bonds. The molecular formula is C10H14N3O2+. The van der Waals surface area contributed by atoms with Gasteiger partial charge in [-0.25, -0.2) is 0 Å². The summed E-state index contributed by atoms with van der Waals surface area (Å²) in [5.74, 6) is 0. The first-order valence-electron chi connectivity index (χ1n) is 5.08. The molecule has 2 N–H and O–H groups in total. The van der Waals surface area contributed by atoms with Gasteiger partial charge in [-0.15, -0.1) is 0 Å². The second kappa shape index (κ2) is 4.27. The Balaban J connectivity index is 2.19. The fourth-order valence-corrected chi connectivity index (χ4v) is 1.81. The van der Waals surface area contributed by atoms with Gasteiger partial charge in [0.25, 0.3) is 5.69 Å². The number of hydrogen-bond acceptors (Lipinski definition) is 3. The quantitative estimate of drug-likeness (QED) is 0.548. The van der Waals surface area contributed by atoms with Gasteiger partial charge in [-0.05, 0) is 6.07 Å². The smallest absolute Gasteiger partial charge is 0.271 e. The average molecular weight is 208 g/mol. The van der Waals surface area contributed by atoms with Crippen molar-refractivity contribution in [2.45, 2.75) is 0 Å². The number of nitro benzene ring substituents is 1. The molecule has 0 atom stereocenters. The van der Waals surface area contributed by atoms with E-state index in [0.717, 1.165) is 31.9 Å². The highest BCUT2D eigenvalue weighted by Gasteiger charge is 2.14. The van der Waals surface area contributed by atoms with Crippen molar-refractivity contribution in [3.8, 4) is 0 Å². The Morgan fingerprint density at radius 1 is 1.33 bits per heavy atom. The molecule has 1 aliphatic rings. The zero-order chi connectivity index (χ0) is 10.7. The van der Waals surface area contributed by atoms with Crippen molar-refractivity contribution in [3.05, 3.63) is 34.4 Å². The van der Waals surface area contributed by atoms with Crippen molar-refractivity contribution in [3.63, 3.8) is 0 Å². The molecule has 1 aliphatic heterocycles. The minimum atomic E-state index is -0.348. The summed E-state index contributed by atoms with van der Waals surface area (Å²) in [4.78, 5) is 12.5. The second-order valence-electron chi connectivity index (χ2n) is 3.63. The standard InChI is InChI=1S/C10H13N3O2/c14-13(15)10-3-1-2-9(8-10)12-6-4-11-5-7-12/h1-3,8,11H,4-7H2/p+1. The van der Waals surface area contributed by atoms with E-state index < -0.39 is 0 Å². The van der Waals surface area contributed by atoms with Crippen molar-refractivity contribution in [1.82, 2.24) is 0 Å². The first-order valence-corrected chi connectivity index (χ1v) is 5.08. The summed E-state index contributed by atoms with van der Waals surface area (Å²) in [7, 11) is 0. The number of non-ortho nitro benzene ring substituents is 1.